The minimum Gasteiger partial charge on any atom is -0.534 e. The van der Waals surface area contributed by atoms with Gasteiger partial charge >= 0.3 is 25.8 Å². The SMILES string of the molecule is O=C([O-])Cl.O=C([O-])Cl.O=C([O-])Cl.[In+3]. The number of hydrogen-bond donors (Lipinski definition) is 0. The van der Waals surface area contributed by atoms with Crippen molar-refractivity contribution < 1.29 is 29.7 Å². The fraction of sp³-hybridized carbons (Fsp3) is 0. The van der Waals surface area contributed by atoms with Crippen LogP contribution in [0.4, 0.5) is 14.4 Å². The Morgan fingerprint density at radius 1 is 0.692 bits per heavy atom. The van der Waals surface area contributed by atoms with E-state index in [-0.39, 0.29) is 25.8 Å². The van der Waals surface area contributed by atoms with Gasteiger partial charge in [-0.25, -0.2) is 0 Å². The van der Waals surface area contributed by atoms with Crippen molar-refractivity contribution in [1.82, 2.24) is 0 Å². The van der Waals surface area contributed by atoms with Crippen LogP contribution >= 0.6 is 34.8 Å². The van der Waals surface area contributed by atoms with E-state index in [4.69, 9.17) is 29.7 Å². The molecule has 0 aromatic carbocycles. The normalized spacial score (nSPS) is 5.77. The smallest absolute Gasteiger partial charge is 0.534 e. The third kappa shape index (κ3) is 55500. The zero-order valence-electron chi connectivity index (χ0n) is 5.66. The number of carboxylic acid groups (broad SMARTS) is 3. The summed E-state index contributed by atoms with van der Waals surface area (Å²) in [6.07, 6.45) is 0. The Labute approximate surface area is 106 Å². The van der Waals surface area contributed by atoms with Crippen molar-refractivity contribution in [2.75, 3.05) is 0 Å². The van der Waals surface area contributed by atoms with E-state index < -0.39 is 16.3 Å². The van der Waals surface area contributed by atoms with E-state index in [9.17, 15) is 0 Å². The third-order valence-corrected chi connectivity index (χ3v) is 0. The van der Waals surface area contributed by atoms with Crippen LogP contribution in [0.1, 0.15) is 0 Å². The third-order valence-electron chi connectivity index (χ3n) is 0. The maximum absolute atomic E-state index is 8.65. The predicted octanol–water partition coefficient (Wildman–Crippen LogP) is -1.68. The monoisotopic (exact) mass is 352 g/mol. The maximum Gasteiger partial charge on any atom is 3.00 e. The van der Waals surface area contributed by atoms with Gasteiger partial charge < -0.3 is 29.7 Å². The van der Waals surface area contributed by atoms with E-state index >= 15 is 0 Å². The maximum atomic E-state index is 8.65. The minimum absolute atomic E-state index is 0. The summed E-state index contributed by atoms with van der Waals surface area (Å²) in [7, 11) is 0. The molecule has 6 nitrogen and oxygen atoms in total. The van der Waals surface area contributed by atoms with Crippen LogP contribution in [0.15, 0.2) is 0 Å². The molecule has 72 valence electrons. The Bertz CT molecular complexity index is 121. The van der Waals surface area contributed by atoms with E-state index in [0.717, 1.165) is 0 Å². The molecule has 0 spiro atoms. The van der Waals surface area contributed by atoms with Crippen LogP contribution < -0.4 is 15.3 Å². The van der Waals surface area contributed by atoms with E-state index in [1.165, 1.54) is 0 Å². The number of hydrogen-bond acceptors (Lipinski definition) is 6. The summed E-state index contributed by atoms with van der Waals surface area (Å²) in [4.78, 5) is 26.0. The second kappa shape index (κ2) is 18.0. The Morgan fingerprint density at radius 2 is 0.692 bits per heavy atom. The van der Waals surface area contributed by atoms with Gasteiger partial charge in [-0.2, -0.15) is 0 Å². The summed E-state index contributed by atoms with van der Waals surface area (Å²) in [5, 5.41) is 26.0. The molecule has 0 aromatic heterocycles. The second-order valence-corrected chi connectivity index (χ2v) is 1.64. The summed E-state index contributed by atoms with van der Waals surface area (Å²) in [6.45, 7) is 0. The van der Waals surface area contributed by atoms with Crippen LogP contribution in [-0.4, -0.2) is 42.1 Å². The van der Waals surface area contributed by atoms with Crippen LogP contribution in [0.5, 0.6) is 0 Å². The number of carbonyl (C=O) groups is 3. The molecule has 0 fully saturated rings. The van der Waals surface area contributed by atoms with Gasteiger partial charge in [0, 0.05) is 0 Å². The first-order valence-corrected chi connectivity index (χ1v) is 2.93. The molecule has 13 heavy (non-hydrogen) atoms. The Balaban J connectivity index is -0.0000000450. The Kier molecular flexibility index (Phi) is 32.2. The van der Waals surface area contributed by atoms with Crippen LogP contribution in [0.25, 0.3) is 0 Å². The van der Waals surface area contributed by atoms with Gasteiger partial charge in [-0.15, -0.1) is 0 Å². The van der Waals surface area contributed by atoms with Crippen molar-refractivity contribution in [3.63, 3.8) is 0 Å². The fourth-order valence-electron chi connectivity index (χ4n) is 0. The molecule has 0 unspecified atom stereocenters. The average Bonchev–Trinajstić information content (AvgIpc) is 1.54. The average molecular weight is 353 g/mol. The van der Waals surface area contributed by atoms with Gasteiger partial charge in [0.1, 0.15) is 16.3 Å². The molecule has 0 aliphatic carbocycles. The summed E-state index contributed by atoms with van der Waals surface area (Å²) < 4.78 is 0. The van der Waals surface area contributed by atoms with Gasteiger partial charge in [0.25, 0.3) is 0 Å². The van der Waals surface area contributed by atoms with Crippen LogP contribution in [0.3, 0.4) is 0 Å². The quantitative estimate of drug-likeness (QED) is 0.480. The molecule has 10 heteroatoms. The summed E-state index contributed by atoms with van der Waals surface area (Å²) in [6, 6.07) is 0. The first-order chi connectivity index (χ1) is 5.20. The summed E-state index contributed by atoms with van der Waals surface area (Å²) >= 11 is 12.2. The second-order valence-electron chi connectivity index (χ2n) is 0.713. The van der Waals surface area contributed by atoms with Crippen molar-refractivity contribution in [3.8, 4) is 0 Å². The first kappa shape index (κ1) is 23.2. The minimum atomic E-state index is -1.61. The first-order valence-electron chi connectivity index (χ1n) is 1.79. The van der Waals surface area contributed by atoms with E-state index in [0.29, 0.717) is 0 Å². The molecule has 0 aliphatic heterocycles. The summed E-state index contributed by atoms with van der Waals surface area (Å²) in [5.41, 5.74) is -4.83. The van der Waals surface area contributed by atoms with E-state index in [1.807, 2.05) is 0 Å². The standard InChI is InChI=1S/3CHClO2.In/c3*2-1(3)4;/h3*(H,3,4);/q;;;+3/p-3. The zero-order chi connectivity index (χ0) is 10.7. The molecule has 0 rings (SSSR count). The van der Waals surface area contributed by atoms with Crippen LogP contribution in [0.2, 0.25) is 0 Å². The number of halogens is 3. The molecular weight excluding hydrogens is 353 g/mol. The molecule has 0 N–H and O–H groups in total. The van der Waals surface area contributed by atoms with Crippen molar-refractivity contribution in [2.24, 2.45) is 0 Å². The molecule has 0 bridgehead atoms. The predicted molar refractivity (Wildman–Crippen MR) is 39.5 cm³/mol. The van der Waals surface area contributed by atoms with Crippen molar-refractivity contribution in [2.45, 2.75) is 0 Å². The van der Waals surface area contributed by atoms with Gasteiger partial charge in [0.2, 0.25) is 0 Å². The molecule has 0 aromatic rings. The van der Waals surface area contributed by atoms with E-state index in [2.05, 4.69) is 34.8 Å². The number of rotatable bonds is 0. The molecule has 0 saturated carbocycles. The van der Waals surface area contributed by atoms with Crippen molar-refractivity contribution in [3.05, 3.63) is 0 Å². The van der Waals surface area contributed by atoms with Crippen molar-refractivity contribution >= 4 is 76.9 Å². The molecule has 0 aliphatic rings. The van der Waals surface area contributed by atoms with Crippen LogP contribution in [0, 0.1) is 0 Å². The van der Waals surface area contributed by atoms with Gasteiger partial charge in [-0.1, -0.05) is 34.8 Å². The summed E-state index contributed by atoms with van der Waals surface area (Å²) in [5.74, 6) is 0. The molecular formula is C3Cl3InO6. The molecule has 0 atom stereocenters. The molecule has 0 radical (unpaired) electrons. The molecule has 0 heterocycles. The molecule has 0 amide bonds. The van der Waals surface area contributed by atoms with Gasteiger partial charge in [0.15, 0.2) is 0 Å². The van der Waals surface area contributed by atoms with Gasteiger partial charge in [0.05, 0.1) is 0 Å². The topological polar surface area (TPSA) is 120 Å². The van der Waals surface area contributed by atoms with Gasteiger partial charge in [-0.3, -0.25) is 0 Å². The zero-order valence-corrected chi connectivity index (χ0v) is 11.2. The number of carbonyl (C=O) groups excluding carboxylic acids is 3. The molecule has 0 saturated heterocycles. The van der Waals surface area contributed by atoms with E-state index in [1.54, 1.807) is 0 Å². The fourth-order valence-corrected chi connectivity index (χ4v) is 0. The van der Waals surface area contributed by atoms with Gasteiger partial charge in [-0.05, 0) is 0 Å². The largest absolute Gasteiger partial charge is 3.00 e. The van der Waals surface area contributed by atoms with Crippen molar-refractivity contribution in [1.29, 1.82) is 0 Å². The Morgan fingerprint density at radius 3 is 0.692 bits per heavy atom. The Hall–Kier alpha value is 0.150. The van der Waals surface area contributed by atoms with Crippen LogP contribution in [-0.2, 0) is 0 Å².